The molecule has 0 fully saturated rings. The Bertz CT molecular complexity index is 553. The normalized spacial score (nSPS) is 12.5. The number of phenolic OH excluding ortho intramolecular Hbond substituents is 1. The van der Waals surface area contributed by atoms with Gasteiger partial charge in [0.05, 0.1) is 0 Å². The average Bonchev–Trinajstić information content (AvgIpc) is 2.26. The highest BCUT2D eigenvalue weighted by molar-refractivity contribution is 5.99. The molecule has 0 aliphatic carbocycles. The lowest BCUT2D eigenvalue weighted by Crippen LogP contribution is -2.24. The molecule has 0 bridgehead atoms. The average molecular weight is 308 g/mol. The number of aromatic hydroxyl groups is 1. The Balaban J connectivity index is 3.75. The lowest BCUT2D eigenvalue weighted by Gasteiger charge is -2.28. The van der Waals surface area contributed by atoms with E-state index in [-0.39, 0.29) is 11.3 Å². The molecule has 0 saturated carbocycles. The van der Waals surface area contributed by atoms with E-state index in [9.17, 15) is 24.9 Å². The maximum absolute atomic E-state index is 11.3. The molecule has 0 radical (unpaired) electrons. The lowest BCUT2D eigenvalue weighted by atomic mass is 9.77. The van der Waals surface area contributed by atoms with Crippen molar-refractivity contribution in [3.8, 4) is 5.75 Å². The van der Waals surface area contributed by atoms with Gasteiger partial charge in [-0.3, -0.25) is 9.59 Å². The second kappa shape index (κ2) is 5.63. The fourth-order valence-corrected chi connectivity index (χ4v) is 2.36. The van der Waals surface area contributed by atoms with Crippen molar-refractivity contribution >= 4 is 11.9 Å². The molecular weight excluding hydrogens is 284 g/mol. The zero-order valence-corrected chi connectivity index (χ0v) is 13.9. The van der Waals surface area contributed by atoms with Gasteiger partial charge in [0.25, 0.3) is 0 Å². The van der Waals surface area contributed by atoms with Crippen LogP contribution in [0, 0.1) is 0 Å². The maximum atomic E-state index is 11.3. The Morgan fingerprint density at radius 2 is 1.18 bits per heavy atom. The molecule has 0 aliphatic heterocycles. The molecule has 0 atom stereocenters. The molecule has 0 heterocycles. The zero-order chi connectivity index (χ0) is 17.5. The monoisotopic (exact) mass is 308 g/mol. The van der Waals surface area contributed by atoms with Gasteiger partial charge in [-0.25, -0.2) is 0 Å². The van der Waals surface area contributed by atoms with Gasteiger partial charge in [0.15, 0.2) is 5.92 Å². The summed E-state index contributed by atoms with van der Waals surface area (Å²) in [4.78, 5) is 22.6. The van der Waals surface area contributed by atoms with Crippen molar-refractivity contribution in [2.24, 2.45) is 0 Å². The van der Waals surface area contributed by atoms with Gasteiger partial charge in [-0.1, -0.05) is 53.7 Å². The van der Waals surface area contributed by atoms with Crippen molar-refractivity contribution in [3.05, 3.63) is 28.8 Å². The Morgan fingerprint density at radius 3 is 1.41 bits per heavy atom. The molecule has 0 spiro atoms. The SMILES string of the molecule is CC(C)(C)c1cc(C(C(=O)O)C(=O)O)cc(C(C)(C)C)c1O. The van der Waals surface area contributed by atoms with E-state index in [4.69, 9.17) is 0 Å². The fourth-order valence-electron chi connectivity index (χ4n) is 2.36. The standard InChI is InChI=1S/C17H24O5/c1-16(2,3)10-7-9(12(14(19)20)15(21)22)8-11(13(10)18)17(4,5)6/h7-8,12,18H,1-6H3,(H,19,20)(H,21,22). The van der Waals surface area contributed by atoms with Gasteiger partial charge in [0.2, 0.25) is 0 Å². The highest BCUT2D eigenvalue weighted by Crippen LogP contribution is 2.41. The van der Waals surface area contributed by atoms with Crippen LogP contribution >= 0.6 is 0 Å². The van der Waals surface area contributed by atoms with Gasteiger partial charge in [0, 0.05) is 0 Å². The Labute approximate surface area is 130 Å². The maximum Gasteiger partial charge on any atom is 0.322 e. The highest BCUT2D eigenvalue weighted by atomic mass is 16.4. The van der Waals surface area contributed by atoms with E-state index in [1.807, 2.05) is 41.5 Å². The molecule has 0 aromatic heterocycles. The molecule has 1 aromatic carbocycles. The third-order valence-corrected chi connectivity index (χ3v) is 3.58. The van der Waals surface area contributed by atoms with E-state index >= 15 is 0 Å². The molecule has 22 heavy (non-hydrogen) atoms. The Morgan fingerprint density at radius 1 is 0.864 bits per heavy atom. The van der Waals surface area contributed by atoms with Crippen LogP contribution in [-0.2, 0) is 20.4 Å². The van der Waals surface area contributed by atoms with Crippen LogP contribution in [0.5, 0.6) is 5.75 Å². The summed E-state index contributed by atoms with van der Waals surface area (Å²) in [6.07, 6.45) is 0. The molecule has 3 N–H and O–H groups in total. The molecular formula is C17H24O5. The zero-order valence-electron chi connectivity index (χ0n) is 13.9. The largest absolute Gasteiger partial charge is 0.507 e. The minimum absolute atomic E-state index is 0.0956. The van der Waals surface area contributed by atoms with Crippen LogP contribution in [0.4, 0.5) is 0 Å². The minimum Gasteiger partial charge on any atom is -0.507 e. The number of aliphatic carboxylic acids is 2. The number of hydrogen-bond acceptors (Lipinski definition) is 3. The second-order valence-electron chi connectivity index (χ2n) is 7.57. The topological polar surface area (TPSA) is 94.8 Å². The van der Waals surface area contributed by atoms with Crippen molar-refractivity contribution in [3.63, 3.8) is 0 Å². The van der Waals surface area contributed by atoms with Crippen LogP contribution in [0.25, 0.3) is 0 Å². The van der Waals surface area contributed by atoms with Gasteiger partial charge in [0.1, 0.15) is 5.75 Å². The Hall–Kier alpha value is -2.04. The predicted octanol–water partition coefficient (Wildman–Crippen LogP) is 3.24. The van der Waals surface area contributed by atoms with E-state index < -0.39 is 28.7 Å². The van der Waals surface area contributed by atoms with Gasteiger partial charge < -0.3 is 15.3 Å². The van der Waals surface area contributed by atoms with Crippen molar-refractivity contribution in [1.82, 2.24) is 0 Å². The second-order valence-corrected chi connectivity index (χ2v) is 7.57. The molecule has 0 unspecified atom stereocenters. The molecule has 122 valence electrons. The summed E-state index contributed by atoms with van der Waals surface area (Å²) in [6, 6.07) is 2.97. The van der Waals surface area contributed by atoms with E-state index in [0.717, 1.165) is 0 Å². The third kappa shape index (κ3) is 3.59. The molecule has 5 heteroatoms. The first-order valence-corrected chi connectivity index (χ1v) is 7.10. The number of hydrogen-bond donors (Lipinski definition) is 3. The summed E-state index contributed by atoms with van der Waals surface area (Å²) in [5.74, 6) is -4.39. The van der Waals surface area contributed by atoms with E-state index in [0.29, 0.717) is 11.1 Å². The number of benzene rings is 1. The van der Waals surface area contributed by atoms with Crippen molar-refractivity contribution in [1.29, 1.82) is 0 Å². The van der Waals surface area contributed by atoms with E-state index in [1.54, 1.807) is 0 Å². The molecule has 1 rings (SSSR count). The molecule has 0 saturated heterocycles. The van der Waals surface area contributed by atoms with Gasteiger partial charge in [-0.15, -0.1) is 0 Å². The van der Waals surface area contributed by atoms with Crippen LogP contribution in [0.2, 0.25) is 0 Å². The number of rotatable bonds is 3. The summed E-state index contributed by atoms with van der Waals surface area (Å²) >= 11 is 0. The quantitative estimate of drug-likeness (QED) is 0.745. The van der Waals surface area contributed by atoms with Crippen LogP contribution in [0.1, 0.15) is 64.2 Å². The van der Waals surface area contributed by atoms with Gasteiger partial charge in [-0.2, -0.15) is 0 Å². The third-order valence-electron chi connectivity index (χ3n) is 3.58. The van der Waals surface area contributed by atoms with E-state index in [2.05, 4.69) is 0 Å². The van der Waals surface area contributed by atoms with Gasteiger partial charge >= 0.3 is 11.9 Å². The lowest BCUT2D eigenvalue weighted by molar-refractivity contribution is -0.150. The molecule has 1 aromatic rings. The number of carboxylic acids is 2. The molecule has 0 aliphatic rings. The van der Waals surface area contributed by atoms with Gasteiger partial charge in [-0.05, 0) is 27.5 Å². The van der Waals surface area contributed by atoms with Crippen molar-refractivity contribution in [2.75, 3.05) is 0 Å². The summed E-state index contributed by atoms with van der Waals surface area (Å²) in [5.41, 5.74) is 0.376. The summed E-state index contributed by atoms with van der Waals surface area (Å²) in [7, 11) is 0. The first-order chi connectivity index (χ1) is 9.76. The first kappa shape index (κ1) is 18.0. The van der Waals surface area contributed by atoms with Crippen LogP contribution in [0.3, 0.4) is 0 Å². The fraction of sp³-hybridized carbons (Fsp3) is 0.529. The van der Waals surface area contributed by atoms with Crippen LogP contribution in [-0.4, -0.2) is 27.3 Å². The Kier molecular flexibility index (Phi) is 4.61. The highest BCUT2D eigenvalue weighted by Gasteiger charge is 2.33. The van der Waals surface area contributed by atoms with Crippen molar-refractivity contribution < 1.29 is 24.9 Å². The predicted molar refractivity (Wildman–Crippen MR) is 83.5 cm³/mol. The smallest absolute Gasteiger partial charge is 0.322 e. The number of carboxylic acid groups (broad SMARTS) is 2. The minimum atomic E-state index is -1.65. The molecule has 5 nitrogen and oxygen atoms in total. The van der Waals surface area contributed by atoms with Crippen molar-refractivity contribution in [2.45, 2.75) is 58.3 Å². The summed E-state index contributed by atoms with van der Waals surface area (Å²) in [5, 5.41) is 29.0. The number of phenols is 1. The summed E-state index contributed by atoms with van der Waals surface area (Å²) in [6.45, 7) is 11.3. The summed E-state index contributed by atoms with van der Waals surface area (Å²) < 4.78 is 0. The van der Waals surface area contributed by atoms with E-state index in [1.165, 1.54) is 12.1 Å². The first-order valence-electron chi connectivity index (χ1n) is 7.10. The van der Waals surface area contributed by atoms with Crippen LogP contribution in [0.15, 0.2) is 12.1 Å². The van der Waals surface area contributed by atoms with Crippen LogP contribution < -0.4 is 0 Å². The molecule has 0 amide bonds. The number of carbonyl (C=O) groups is 2.